The number of rotatable bonds is 1. The fraction of sp³-hybridized carbons (Fsp3) is 0.444. The zero-order chi connectivity index (χ0) is 10.8. The second kappa shape index (κ2) is 3.72. The van der Waals surface area contributed by atoms with Crippen molar-refractivity contribution in [2.75, 3.05) is 17.3 Å². The van der Waals surface area contributed by atoms with Crippen molar-refractivity contribution < 1.29 is 4.79 Å². The zero-order valence-electron chi connectivity index (χ0n) is 8.41. The molecule has 1 amide bonds. The van der Waals surface area contributed by atoms with E-state index >= 15 is 0 Å². The molecule has 1 aromatic rings. The van der Waals surface area contributed by atoms with E-state index in [1.165, 1.54) is 17.8 Å². The number of carbonyl (C=O) groups excluding carboxylic acids is 1. The van der Waals surface area contributed by atoms with Gasteiger partial charge in [0.1, 0.15) is 11.5 Å². The minimum Gasteiger partial charge on any atom is -0.321 e. The zero-order valence-corrected chi connectivity index (χ0v) is 8.41. The Kier molecular flexibility index (Phi) is 2.40. The van der Waals surface area contributed by atoms with Gasteiger partial charge in [-0.1, -0.05) is 0 Å². The summed E-state index contributed by atoms with van der Waals surface area (Å²) in [7, 11) is 0. The molecule has 0 atom stereocenters. The summed E-state index contributed by atoms with van der Waals surface area (Å²) in [6, 6.07) is 0. The molecule has 1 aromatic heterocycles. The summed E-state index contributed by atoms with van der Waals surface area (Å²) in [5, 5.41) is 2.45. The second-order valence-electron chi connectivity index (χ2n) is 3.42. The quantitative estimate of drug-likeness (QED) is 0.664. The van der Waals surface area contributed by atoms with Crippen LogP contribution in [0, 0.1) is 0 Å². The average Bonchev–Trinajstić information content (AvgIpc) is 2.22. The van der Waals surface area contributed by atoms with E-state index < -0.39 is 0 Å². The molecule has 0 saturated heterocycles. The Morgan fingerprint density at radius 3 is 3.20 bits per heavy atom. The Bertz CT molecular complexity index is 452. The number of anilines is 1. The van der Waals surface area contributed by atoms with E-state index in [4.69, 9.17) is 0 Å². The first-order valence-electron chi connectivity index (χ1n) is 4.81. The highest BCUT2D eigenvalue weighted by atomic mass is 16.2. The van der Waals surface area contributed by atoms with Crippen molar-refractivity contribution in [2.24, 2.45) is 0 Å². The van der Waals surface area contributed by atoms with E-state index in [0.717, 1.165) is 19.4 Å². The van der Waals surface area contributed by atoms with Crippen LogP contribution in [0.5, 0.6) is 0 Å². The number of hydrogen-bond acceptors (Lipinski definition) is 4. The predicted octanol–water partition coefficient (Wildman–Crippen LogP) is -0.309. The van der Waals surface area contributed by atoms with Crippen LogP contribution in [0.2, 0.25) is 0 Å². The molecule has 0 aromatic carbocycles. The molecule has 0 spiro atoms. The largest absolute Gasteiger partial charge is 0.321 e. The van der Waals surface area contributed by atoms with E-state index in [-0.39, 0.29) is 17.2 Å². The fourth-order valence-electron chi connectivity index (χ4n) is 1.54. The van der Waals surface area contributed by atoms with Crippen LogP contribution in [0.1, 0.15) is 19.2 Å². The van der Waals surface area contributed by atoms with Crippen LogP contribution in [-0.4, -0.2) is 22.1 Å². The highest BCUT2D eigenvalue weighted by Crippen LogP contribution is 2.04. The van der Waals surface area contributed by atoms with E-state index in [9.17, 15) is 9.59 Å². The molecule has 0 unspecified atom stereocenters. The van der Waals surface area contributed by atoms with Gasteiger partial charge in [0.15, 0.2) is 0 Å². The monoisotopic (exact) mass is 208 g/mol. The van der Waals surface area contributed by atoms with Gasteiger partial charge < -0.3 is 10.7 Å². The number of amides is 1. The van der Waals surface area contributed by atoms with Gasteiger partial charge in [-0.05, 0) is 6.42 Å². The summed E-state index contributed by atoms with van der Waals surface area (Å²) in [6.07, 6.45) is 3.15. The molecular formula is C9H12N4O2. The third-order valence-electron chi connectivity index (χ3n) is 2.19. The van der Waals surface area contributed by atoms with E-state index in [1.807, 2.05) is 0 Å². The van der Waals surface area contributed by atoms with Crippen molar-refractivity contribution in [3.63, 3.8) is 0 Å². The number of fused-ring (bicyclic) bond motifs is 1. The van der Waals surface area contributed by atoms with E-state index in [1.54, 1.807) is 0 Å². The molecule has 0 fully saturated rings. The smallest absolute Gasteiger partial charge is 0.295 e. The van der Waals surface area contributed by atoms with Crippen LogP contribution in [0.4, 0.5) is 5.69 Å². The highest BCUT2D eigenvalue weighted by molar-refractivity contribution is 5.88. The third kappa shape index (κ3) is 1.83. The first-order valence-corrected chi connectivity index (χ1v) is 4.81. The number of nitrogens with one attached hydrogen (secondary N) is 2. The fourth-order valence-corrected chi connectivity index (χ4v) is 1.54. The van der Waals surface area contributed by atoms with Crippen molar-refractivity contribution in [2.45, 2.75) is 19.8 Å². The van der Waals surface area contributed by atoms with Crippen molar-refractivity contribution in [3.8, 4) is 0 Å². The SMILES string of the molecule is CC(=O)Nc1cnc2n(c1=O)NCCC2. The molecule has 1 aliphatic rings. The number of aromatic nitrogens is 2. The molecule has 2 rings (SSSR count). The Labute approximate surface area is 86.3 Å². The first kappa shape index (κ1) is 9.70. The van der Waals surface area contributed by atoms with Gasteiger partial charge in [0.05, 0.1) is 6.20 Å². The molecule has 2 heterocycles. The maximum absolute atomic E-state index is 11.8. The lowest BCUT2D eigenvalue weighted by Gasteiger charge is -2.19. The maximum Gasteiger partial charge on any atom is 0.295 e. The van der Waals surface area contributed by atoms with Crippen LogP contribution in [0.25, 0.3) is 0 Å². The Morgan fingerprint density at radius 1 is 1.67 bits per heavy atom. The van der Waals surface area contributed by atoms with Crippen molar-refractivity contribution in [3.05, 3.63) is 22.4 Å². The lowest BCUT2D eigenvalue weighted by Crippen LogP contribution is -2.38. The predicted molar refractivity (Wildman–Crippen MR) is 55.3 cm³/mol. The number of aryl methyl sites for hydroxylation is 1. The summed E-state index contributed by atoms with van der Waals surface area (Å²) < 4.78 is 1.40. The molecule has 0 saturated carbocycles. The summed E-state index contributed by atoms with van der Waals surface area (Å²) in [5.41, 5.74) is 2.89. The second-order valence-corrected chi connectivity index (χ2v) is 3.42. The summed E-state index contributed by atoms with van der Waals surface area (Å²) in [6.45, 7) is 2.11. The normalized spacial score (nSPS) is 13.9. The summed E-state index contributed by atoms with van der Waals surface area (Å²) >= 11 is 0. The third-order valence-corrected chi connectivity index (χ3v) is 2.19. The van der Waals surface area contributed by atoms with Gasteiger partial charge in [0, 0.05) is 19.9 Å². The van der Waals surface area contributed by atoms with Crippen molar-refractivity contribution in [1.29, 1.82) is 0 Å². The van der Waals surface area contributed by atoms with Crippen LogP contribution >= 0.6 is 0 Å². The van der Waals surface area contributed by atoms with E-state index in [0.29, 0.717) is 5.82 Å². The topological polar surface area (TPSA) is 76.0 Å². The van der Waals surface area contributed by atoms with Gasteiger partial charge in [-0.2, -0.15) is 0 Å². The Morgan fingerprint density at radius 2 is 2.47 bits per heavy atom. The van der Waals surface area contributed by atoms with Crippen LogP contribution in [0.15, 0.2) is 11.0 Å². The van der Waals surface area contributed by atoms with Gasteiger partial charge in [-0.25, -0.2) is 9.66 Å². The molecule has 80 valence electrons. The molecule has 0 radical (unpaired) electrons. The minimum atomic E-state index is -0.273. The molecule has 0 aliphatic carbocycles. The van der Waals surface area contributed by atoms with Gasteiger partial charge in [0.2, 0.25) is 5.91 Å². The number of carbonyl (C=O) groups is 1. The average molecular weight is 208 g/mol. The number of hydrogen-bond donors (Lipinski definition) is 2. The molecule has 6 heteroatoms. The van der Waals surface area contributed by atoms with Gasteiger partial charge in [-0.3, -0.25) is 9.59 Å². The van der Waals surface area contributed by atoms with Gasteiger partial charge in [0.25, 0.3) is 5.56 Å². The van der Waals surface area contributed by atoms with Crippen molar-refractivity contribution in [1.82, 2.24) is 9.66 Å². The standard InChI is InChI=1S/C9H12N4O2/c1-6(14)12-7-5-10-8-3-2-4-11-13(8)9(7)15/h5,11H,2-4H2,1H3,(H,12,14). The maximum atomic E-state index is 11.8. The van der Waals surface area contributed by atoms with Crippen LogP contribution < -0.4 is 16.3 Å². The molecular weight excluding hydrogens is 196 g/mol. The van der Waals surface area contributed by atoms with Crippen LogP contribution in [-0.2, 0) is 11.2 Å². The first-order chi connectivity index (χ1) is 7.18. The molecule has 6 nitrogen and oxygen atoms in total. The lowest BCUT2D eigenvalue weighted by molar-refractivity contribution is -0.114. The number of nitrogens with zero attached hydrogens (tertiary/aromatic N) is 2. The van der Waals surface area contributed by atoms with Gasteiger partial charge in [-0.15, -0.1) is 0 Å². The molecule has 0 bridgehead atoms. The Balaban J connectivity index is 2.43. The van der Waals surface area contributed by atoms with E-state index in [2.05, 4.69) is 15.7 Å². The molecule has 15 heavy (non-hydrogen) atoms. The Hall–Kier alpha value is -1.85. The minimum absolute atomic E-state index is 0.209. The highest BCUT2D eigenvalue weighted by Gasteiger charge is 2.13. The van der Waals surface area contributed by atoms with Crippen LogP contribution in [0.3, 0.4) is 0 Å². The van der Waals surface area contributed by atoms with Crippen molar-refractivity contribution >= 4 is 11.6 Å². The lowest BCUT2D eigenvalue weighted by atomic mass is 10.2. The molecule has 2 N–H and O–H groups in total. The summed E-state index contributed by atoms with van der Waals surface area (Å²) in [5.74, 6) is 0.436. The summed E-state index contributed by atoms with van der Waals surface area (Å²) in [4.78, 5) is 26.7. The molecule has 1 aliphatic heterocycles. The van der Waals surface area contributed by atoms with Gasteiger partial charge >= 0.3 is 0 Å².